The van der Waals surface area contributed by atoms with Crippen LogP contribution >= 0.6 is 11.3 Å². The highest BCUT2D eigenvalue weighted by Gasteiger charge is 2.27. The summed E-state index contributed by atoms with van der Waals surface area (Å²) in [6, 6.07) is 4.02. The van der Waals surface area contributed by atoms with Crippen molar-refractivity contribution in [1.29, 1.82) is 0 Å². The predicted octanol–water partition coefficient (Wildman–Crippen LogP) is 4.57. The minimum atomic E-state index is -0.217. The summed E-state index contributed by atoms with van der Waals surface area (Å²) < 4.78 is 13.9. The Kier molecular flexibility index (Phi) is 5.18. The Morgan fingerprint density at radius 2 is 2.03 bits per heavy atom. The maximum atomic E-state index is 13.9. The van der Waals surface area contributed by atoms with Crippen molar-refractivity contribution in [3.63, 3.8) is 0 Å². The molecule has 2 aliphatic rings. The van der Waals surface area contributed by atoms with Gasteiger partial charge in [0, 0.05) is 29.7 Å². The number of aryl methyl sites for hydroxylation is 2. The Morgan fingerprint density at radius 3 is 2.86 bits per heavy atom. The molecule has 0 aliphatic heterocycles. The van der Waals surface area contributed by atoms with E-state index in [2.05, 4.69) is 32.2 Å². The van der Waals surface area contributed by atoms with Gasteiger partial charge in [0.2, 0.25) is 0 Å². The molecule has 1 N–H and O–H groups in total. The summed E-state index contributed by atoms with van der Waals surface area (Å²) in [5.41, 5.74) is 2.00. The molecule has 0 spiro atoms. The summed E-state index contributed by atoms with van der Waals surface area (Å²) in [5.74, 6) is 0.799. The fourth-order valence-electron chi connectivity index (χ4n) is 4.79. The van der Waals surface area contributed by atoms with Gasteiger partial charge in [-0.1, -0.05) is 0 Å². The normalized spacial score (nSPS) is 21.6. The third kappa shape index (κ3) is 3.73. The predicted molar refractivity (Wildman–Crippen MR) is 115 cm³/mol. The first kappa shape index (κ1) is 18.9. The summed E-state index contributed by atoms with van der Waals surface area (Å²) in [7, 11) is 2.08. The Labute approximate surface area is 174 Å². The number of thiophene rings is 1. The van der Waals surface area contributed by atoms with Crippen molar-refractivity contribution < 1.29 is 4.39 Å². The van der Waals surface area contributed by atoms with Gasteiger partial charge in [0.15, 0.2) is 0 Å². The molecule has 7 heteroatoms. The van der Waals surface area contributed by atoms with Crippen LogP contribution in [0.5, 0.6) is 0 Å². The number of hydrogen-bond acceptors (Lipinski definition) is 6. The van der Waals surface area contributed by atoms with Crippen molar-refractivity contribution in [1.82, 2.24) is 19.9 Å². The second-order valence-corrected chi connectivity index (χ2v) is 9.34. The zero-order valence-electron chi connectivity index (χ0n) is 16.7. The van der Waals surface area contributed by atoms with Crippen LogP contribution < -0.4 is 5.32 Å². The molecule has 0 atom stereocenters. The highest BCUT2D eigenvalue weighted by Crippen LogP contribution is 2.39. The monoisotopic (exact) mass is 411 g/mol. The van der Waals surface area contributed by atoms with Gasteiger partial charge in [0.1, 0.15) is 22.8 Å². The van der Waals surface area contributed by atoms with Gasteiger partial charge in [-0.05, 0) is 69.7 Å². The van der Waals surface area contributed by atoms with E-state index < -0.39 is 0 Å². The van der Waals surface area contributed by atoms with Gasteiger partial charge in [-0.25, -0.2) is 14.4 Å². The van der Waals surface area contributed by atoms with Crippen LogP contribution in [0.4, 0.5) is 10.2 Å². The van der Waals surface area contributed by atoms with Gasteiger partial charge < -0.3 is 5.32 Å². The first-order valence-electron chi connectivity index (χ1n) is 10.5. The van der Waals surface area contributed by atoms with Crippen molar-refractivity contribution in [2.75, 3.05) is 12.4 Å². The van der Waals surface area contributed by atoms with Crippen LogP contribution in [0.15, 0.2) is 24.7 Å². The fraction of sp³-hybridized carbons (Fsp3) is 0.500. The van der Waals surface area contributed by atoms with Crippen LogP contribution in [0.2, 0.25) is 0 Å². The quantitative estimate of drug-likeness (QED) is 0.667. The summed E-state index contributed by atoms with van der Waals surface area (Å²) in [5, 5.41) is 4.98. The molecule has 0 amide bonds. The number of fused-ring (bicyclic) bond motifs is 3. The van der Waals surface area contributed by atoms with E-state index in [1.807, 2.05) is 11.3 Å². The van der Waals surface area contributed by atoms with Crippen molar-refractivity contribution in [2.24, 2.45) is 0 Å². The van der Waals surface area contributed by atoms with Crippen LogP contribution in [-0.2, 0) is 19.4 Å². The molecule has 3 aromatic heterocycles. The Balaban J connectivity index is 1.23. The summed E-state index contributed by atoms with van der Waals surface area (Å²) in [4.78, 5) is 18.2. The lowest BCUT2D eigenvalue weighted by atomic mass is 9.90. The minimum Gasteiger partial charge on any atom is -0.367 e. The lowest BCUT2D eigenvalue weighted by Crippen LogP contribution is -2.38. The number of nitrogens with one attached hydrogen (secondary N) is 1. The summed E-state index contributed by atoms with van der Waals surface area (Å²) in [6.45, 7) is 0.559. The SMILES string of the molecule is CN(Cc1ncccc1F)C1CCC(Nc2ncnc3sc4c(c23)CCC4)CC1. The molecule has 3 heterocycles. The van der Waals surface area contributed by atoms with Crippen LogP contribution in [0.3, 0.4) is 0 Å². The highest BCUT2D eigenvalue weighted by atomic mass is 32.1. The van der Waals surface area contributed by atoms with Crippen LogP contribution in [0.1, 0.15) is 48.2 Å². The number of rotatable bonds is 5. The number of pyridine rings is 1. The maximum Gasteiger partial charge on any atom is 0.146 e. The molecule has 0 aromatic carbocycles. The van der Waals surface area contributed by atoms with Crippen molar-refractivity contribution in [2.45, 2.75) is 63.6 Å². The Morgan fingerprint density at radius 1 is 1.17 bits per heavy atom. The van der Waals surface area contributed by atoms with E-state index in [-0.39, 0.29) is 5.82 Å². The van der Waals surface area contributed by atoms with E-state index >= 15 is 0 Å². The van der Waals surface area contributed by atoms with Gasteiger partial charge in [-0.2, -0.15) is 0 Å². The second kappa shape index (κ2) is 7.95. The summed E-state index contributed by atoms with van der Waals surface area (Å²) in [6.07, 6.45) is 11.3. The average Bonchev–Trinajstić information content (AvgIpc) is 3.32. The van der Waals surface area contributed by atoms with Gasteiger partial charge >= 0.3 is 0 Å². The maximum absolute atomic E-state index is 13.9. The van der Waals surface area contributed by atoms with Gasteiger partial charge in [-0.3, -0.25) is 9.88 Å². The zero-order valence-corrected chi connectivity index (χ0v) is 17.5. The smallest absolute Gasteiger partial charge is 0.146 e. The fourth-order valence-corrected chi connectivity index (χ4v) is 6.02. The van der Waals surface area contributed by atoms with Crippen molar-refractivity contribution in [3.8, 4) is 0 Å². The van der Waals surface area contributed by atoms with Crippen molar-refractivity contribution in [3.05, 3.63) is 46.6 Å². The lowest BCUT2D eigenvalue weighted by Gasteiger charge is -2.35. The molecular formula is C22H26FN5S. The van der Waals surface area contributed by atoms with E-state index in [9.17, 15) is 4.39 Å². The minimum absolute atomic E-state index is 0.217. The van der Waals surface area contributed by atoms with E-state index in [0.717, 1.165) is 42.8 Å². The summed E-state index contributed by atoms with van der Waals surface area (Å²) >= 11 is 1.83. The number of nitrogens with zero attached hydrogens (tertiary/aromatic N) is 4. The van der Waals surface area contributed by atoms with Gasteiger partial charge in [-0.15, -0.1) is 11.3 Å². The Bertz CT molecular complexity index is 1010. The molecule has 152 valence electrons. The molecule has 1 fully saturated rings. The Hall–Kier alpha value is -2.12. The molecule has 5 nitrogen and oxygen atoms in total. The molecule has 0 radical (unpaired) electrons. The molecular weight excluding hydrogens is 385 g/mol. The molecule has 3 aromatic rings. The topological polar surface area (TPSA) is 53.9 Å². The van der Waals surface area contributed by atoms with Crippen molar-refractivity contribution >= 4 is 27.4 Å². The molecule has 0 unspecified atom stereocenters. The standard InChI is InChI=1S/C22H26FN5S/c1-28(12-18-17(23)5-3-11-24-18)15-9-7-14(8-10-15)27-21-20-16-4-2-6-19(16)29-22(20)26-13-25-21/h3,5,11,13-15H,2,4,6-10,12H2,1H3,(H,25,26,27). The van der Waals surface area contributed by atoms with E-state index in [4.69, 9.17) is 0 Å². The lowest BCUT2D eigenvalue weighted by molar-refractivity contribution is 0.175. The van der Waals surface area contributed by atoms with Crippen LogP contribution in [0, 0.1) is 5.82 Å². The number of hydrogen-bond donors (Lipinski definition) is 1. The largest absolute Gasteiger partial charge is 0.367 e. The molecule has 0 saturated heterocycles. The van der Waals surface area contributed by atoms with E-state index in [1.165, 1.54) is 34.7 Å². The zero-order chi connectivity index (χ0) is 19.8. The molecule has 0 bridgehead atoms. The first-order chi connectivity index (χ1) is 14.2. The average molecular weight is 412 g/mol. The molecule has 2 aliphatic carbocycles. The van der Waals surface area contributed by atoms with Gasteiger partial charge in [0.05, 0.1) is 11.1 Å². The third-order valence-corrected chi connectivity index (χ3v) is 7.60. The van der Waals surface area contributed by atoms with Crippen LogP contribution in [0.25, 0.3) is 10.2 Å². The number of halogens is 1. The number of aromatic nitrogens is 3. The number of anilines is 1. The van der Waals surface area contributed by atoms with E-state index in [0.29, 0.717) is 24.3 Å². The second-order valence-electron chi connectivity index (χ2n) is 8.26. The van der Waals surface area contributed by atoms with Crippen LogP contribution in [-0.4, -0.2) is 39.0 Å². The van der Waals surface area contributed by atoms with Gasteiger partial charge in [0.25, 0.3) is 0 Å². The van der Waals surface area contributed by atoms with E-state index in [1.54, 1.807) is 18.6 Å². The molecule has 1 saturated carbocycles. The highest BCUT2D eigenvalue weighted by molar-refractivity contribution is 7.19. The molecule has 5 rings (SSSR count). The third-order valence-electron chi connectivity index (χ3n) is 6.40. The first-order valence-corrected chi connectivity index (χ1v) is 11.3. The molecule has 29 heavy (non-hydrogen) atoms.